The summed E-state index contributed by atoms with van der Waals surface area (Å²) in [5.74, 6) is 0. The summed E-state index contributed by atoms with van der Waals surface area (Å²) in [6, 6.07) is 19.5. The van der Waals surface area contributed by atoms with Crippen LogP contribution in [-0.4, -0.2) is 45.5 Å². The van der Waals surface area contributed by atoms with Gasteiger partial charge in [0.05, 0.1) is 16.9 Å². The predicted octanol–water partition coefficient (Wildman–Crippen LogP) is 9.80. The number of hydrogen-bond acceptors (Lipinski definition) is 6. The van der Waals surface area contributed by atoms with Gasteiger partial charge in [-0.1, -0.05) is 94.4 Å². The molecule has 0 spiro atoms. The second-order valence-electron chi connectivity index (χ2n) is 9.81. The Hall–Kier alpha value is -3.40. The Morgan fingerprint density at radius 2 is 1.33 bits per heavy atom. The highest BCUT2D eigenvalue weighted by Gasteiger charge is 2.24. The highest BCUT2D eigenvalue weighted by atomic mass is 35.6. The first-order chi connectivity index (χ1) is 20.4. The maximum Gasteiger partial charge on any atom is 0.419 e. The highest BCUT2D eigenvalue weighted by molar-refractivity contribution is 6.63. The van der Waals surface area contributed by atoms with E-state index in [-0.39, 0.29) is 5.15 Å². The fourth-order valence-electron chi connectivity index (χ4n) is 4.03. The second kappa shape index (κ2) is 14.4. The molecule has 0 unspecified atom stereocenters. The normalized spacial score (nSPS) is 11.1. The number of hydrogen-bond donors (Lipinski definition) is 1. The van der Waals surface area contributed by atoms with Crippen molar-refractivity contribution < 1.29 is 9.53 Å². The van der Waals surface area contributed by atoms with Crippen molar-refractivity contribution in [2.24, 2.45) is 0 Å². The van der Waals surface area contributed by atoms with Gasteiger partial charge < -0.3 is 9.72 Å². The van der Waals surface area contributed by atoms with Gasteiger partial charge in [0.1, 0.15) is 17.0 Å². The van der Waals surface area contributed by atoms with E-state index in [4.69, 9.17) is 62.7 Å². The molecular weight excluding hydrogens is 654 g/mol. The largest absolute Gasteiger partial charge is 0.443 e. The number of nitrogens with one attached hydrogen (secondary N) is 1. The van der Waals surface area contributed by atoms with E-state index in [0.717, 1.165) is 27.5 Å². The molecule has 0 aliphatic heterocycles. The van der Waals surface area contributed by atoms with Crippen molar-refractivity contribution >= 4 is 85.9 Å². The zero-order chi connectivity index (χ0) is 31.1. The number of halogens is 5. The molecule has 13 heteroatoms. The molecule has 0 fully saturated rings. The van der Waals surface area contributed by atoms with E-state index in [1.807, 2.05) is 81.4 Å². The Morgan fingerprint density at radius 1 is 0.791 bits per heavy atom. The van der Waals surface area contributed by atoms with Crippen molar-refractivity contribution in [1.29, 1.82) is 0 Å². The molecule has 0 saturated carbocycles. The minimum Gasteiger partial charge on any atom is -0.443 e. The number of para-hydroxylation sites is 2. The van der Waals surface area contributed by atoms with Gasteiger partial charge in [-0.2, -0.15) is 0 Å². The first-order valence-electron chi connectivity index (χ1n) is 12.7. The molecule has 2 aromatic carbocycles. The first-order valence-corrected chi connectivity index (χ1v) is 14.8. The van der Waals surface area contributed by atoms with Crippen LogP contribution in [0, 0.1) is 0 Å². The highest BCUT2D eigenvalue weighted by Crippen LogP contribution is 2.31. The Bertz CT molecular complexity index is 1810. The van der Waals surface area contributed by atoms with Crippen LogP contribution in [0.4, 0.5) is 4.79 Å². The molecule has 0 amide bonds. The van der Waals surface area contributed by atoms with E-state index in [2.05, 4.69) is 24.9 Å². The van der Waals surface area contributed by atoms with Crippen molar-refractivity contribution in [3.05, 3.63) is 95.8 Å². The number of carbonyl (C=O) groups excluding carboxylic acids is 1. The number of fused-ring (bicyclic) bond motifs is 2. The maximum atomic E-state index is 12.7. The van der Waals surface area contributed by atoms with Crippen LogP contribution < -0.4 is 0 Å². The molecule has 4 aromatic heterocycles. The predicted molar refractivity (Wildman–Crippen MR) is 175 cm³/mol. The molecule has 1 N–H and O–H groups in total. The van der Waals surface area contributed by atoms with Crippen molar-refractivity contribution in [3.63, 3.8) is 0 Å². The van der Waals surface area contributed by atoms with Gasteiger partial charge in [-0.05, 0) is 45.0 Å². The molecular formula is C30H25Cl5N6O2. The lowest BCUT2D eigenvalue weighted by atomic mass is 10.2. The molecule has 6 aromatic rings. The van der Waals surface area contributed by atoms with Gasteiger partial charge in [0.2, 0.25) is 0 Å². The lowest BCUT2D eigenvalue weighted by molar-refractivity contribution is 0.0547. The quantitative estimate of drug-likeness (QED) is 0.183. The topological polar surface area (TPSA) is 98.6 Å². The summed E-state index contributed by atoms with van der Waals surface area (Å²) in [6.45, 7) is 5.47. The SMILES string of the molecule is CC(C)(C)OC(=O)n1c(-c2nccnc2Cl)cc2ccccc21.ClC(Cl)Cl.Clc1nccnc1-c1cc2ccccc2[nH]1. The number of nitrogens with zero attached hydrogens (tertiary/aromatic N) is 5. The Balaban J connectivity index is 0.000000183. The van der Waals surface area contributed by atoms with E-state index in [9.17, 15) is 4.79 Å². The van der Waals surface area contributed by atoms with Crippen molar-refractivity contribution in [1.82, 2.24) is 29.5 Å². The van der Waals surface area contributed by atoms with Crippen LogP contribution >= 0.6 is 58.0 Å². The average molecular weight is 679 g/mol. The molecule has 0 aliphatic rings. The summed E-state index contributed by atoms with van der Waals surface area (Å²) in [6.07, 6.45) is 5.78. The molecule has 8 nitrogen and oxygen atoms in total. The lowest BCUT2D eigenvalue weighted by Gasteiger charge is -2.21. The number of aromatic amines is 1. The summed E-state index contributed by atoms with van der Waals surface area (Å²) in [5, 5.41) is 2.68. The summed E-state index contributed by atoms with van der Waals surface area (Å²) >= 11 is 26.6. The van der Waals surface area contributed by atoms with Gasteiger partial charge in [0, 0.05) is 41.1 Å². The molecule has 0 aliphatic carbocycles. The fraction of sp³-hybridized carbons (Fsp3) is 0.167. The van der Waals surface area contributed by atoms with Crippen molar-refractivity contribution in [2.75, 3.05) is 0 Å². The standard InChI is InChI=1S/C17H16ClN3O2.C12H8ClN3.CHCl3/c1-17(2,3)23-16(22)21-12-7-5-4-6-11(12)10-13(21)14-15(18)20-9-8-19-14;13-12-11(14-5-6-15-12)10-7-8-3-1-2-4-9(8)16-10;2-1(3)4/h4-10H,1-3H3;1-7,16H;1H. The summed E-state index contributed by atoms with van der Waals surface area (Å²) in [4.78, 5) is 32.5. The van der Waals surface area contributed by atoms with Crippen molar-refractivity contribution in [2.45, 2.75) is 30.7 Å². The average Bonchev–Trinajstić information content (AvgIpc) is 3.55. The van der Waals surface area contributed by atoms with Crippen LogP contribution in [0.3, 0.4) is 0 Å². The third-order valence-electron chi connectivity index (χ3n) is 5.62. The van der Waals surface area contributed by atoms with Crippen LogP contribution in [0.25, 0.3) is 44.6 Å². The van der Waals surface area contributed by atoms with Gasteiger partial charge in [-0.15, -0.1) is 0 Å². The molecule has 0 radical (unpaired) electrons. The summed E-state index contributed by atoms with van der Waals surface area (Å²) in [7, 11) is 0. The second-order valence-corrected chi connectivity index (χ2v) is 12.5. The maximum absolute atomic E-state index is 12.7. The molecule has 0 saturated heterocycles. The number of benzene rings is 2. The summed E-state index contributed by atoms with van der Waals surface area (Å²) < 4.78 is 6.26. The molecule has 43 heavy (non-hydrogen) atoms. The van der Waals surface area contributed by atoms with E-state index in [1.54, 1.807) is 12.4 Å². The number of alkyl halides is 3. The molecule has 222 valence electrons. The number of rotatable bonds is 2. The molecule has 0 bridgehead atoms. The number of H-pyrrole nitrogens is 1. The fourth-order valence-corrected chi connectivity index (χ4v) is 4.44. The van der Waals surface area contributed by atoms with Gasteiger partial charge in [-0.25, -0.2) is 29.3 Å². The Kier molecular flexibility index (Phi) is 10.9. The minimum atomic E-state index is -0.750. The minimum absolute atomic E-state index is 0.236. The lowest BCUT2D eigenvalue weighted by Crippen LogP contribution is -2.27. The summed E-state index contributed by atoms with van der Waals surface area (Å²) in [5.41, 5.74) is 3.76. The Morgan fingerprint density at radius 3 is 1.91 bits per heavy atom. The number of ether oxygens (including phenoxy) is 1. The first kappa shape index (κ1) is 32.5. The third kappa shape index (κ3) is 8.59. The van der Waals surface area contributed by atoms with E-state index in [0.29, 0.717) is 22.2 Å². The zero-order valence-corrected chi connectivity index (χ0v) is 26.9. The molecule has 0 atom stereocenters. The van der Waals surface area contributed by atoms with Crippen molar-refractivity contribution in [3.8, 4) is 22.8 Å². The number of aromatic nitrogens is 6. The third-order valence-corrected chi connectivity index (χ3v) is 6.17. The van der Waals surface area contributed by atoms with Crippen LogP contribution in [0.5, 0.6) is 0 Å². The van der Waals surface area contributed by atoms with E-state index >= 15 is 0 Å². The Labute approximate surface area is 272 Å². The zero-order valence-electron chi connectivity index (χ0n) is 23.1. The molecule has 4 heterocycles. The molecule has 6 rings (SSSR count). The number of carbonyl (C=O) groups is 1. The van der Waals surface area contributed by atoms with Gasteiger partial charge in [-0.3, -0.25) is 0 Å². The monoisotopic (exact) mass is 676 g/mol. The van der Waals surface area contributed by atoms with E-state index < -0.39 is 16.0 Å². The van der Waals surface area contributed by atoms with Gasteiger partial charge in [0.15, 0.2) is 14.6 Å². The van der Waals surface area contributed by atoms with Gasteiger partial charge >= 0.3 is 6.09 Å². The van der Waals surface area contributed by atoms with Gasteiger partial charge in [0.25, 0.3) is 0 Å². The van der Waals surface area contributed by atoms with Crippen LogP contribution in [0.2, 0.25) is 10.3 Å². The van der Waals surface area contributed by atoms with Crippen LogP contribution in [0.15, 0.2) is 85.5 Å². The van der Waals surface area contributed by atoms with E-state index in [1.165, 1.54) is 17.0 Å². The van der Waals surface area contributed by atoms with Crippen LogP contribution in [-0.2, 0) is 4.74 Å². The smallest absolute Gasteiger partial charge is 0.419 e. The van der Waals surface area contributed by atoms with Crippen LogP contribution in [0.1, 0.15) is 20.8 Å².